The lowest BCUT2D eigenvalue weighted by Crippen LogP contribution is -2.38. The first-order chi connectivity index (χ1) is 14.9. The van der Waals surface area contributed by atoms with Crippen LogP contribution in [0.3, 0.4) is 0 Å². The van der Waals surface area contributed by atoms with Crippen LogP contribution in [0.2, 0.25) is 0 Å². The van der Waals surface area contributed by atoms with Crippen LogP contribution in [-0.4, -0.2) is 36.3 Å². The maximum Gasteiger partial charge on any atom is 0.245 e. The number of aromatic nitrogens is 1. The number of hydrogen-bond donors (Lipinski definition) is 1. The molecule has 0 spiro atoms. The van der Waals surface area contributed by atoms with Crippen molar-refractivity contribution in [3.05, 3.63) is 46.2 Å². The second-order valence-corrected chi connectivity index (χ2v) is 8.26. The molecule has 164 valence electrons. The highest BCUT2D eigenvalue weighted by Gasteiger charge is 2.27. The van der Waals surface area contributed by atoms with Gasteiger partial charge in [0.1, 0.15) is 23.5 Å². The maximum atomic E-state index is 14.5. The van der Waals surface area contributed by atoms with Crippen molar-refractivity contribution in [2.45, 2.75) is 52.2 Å². The van der Waals surface area contributed by atoms with Crippen molar-refractivity contribution in [3.63, 3.8) is 0 Å². The van der Waals surface area contributed by atoms with Gasteiger partial charge < -0.3 is 19.5 Å². The molecule has 0 aliphatic carbocycles. The van der Waals surface area contributed by atoms with E-state index in [9.17, 15) is 18.8 Å². The minimum absolute atomic E-state index is 0.0469. The number of ether oxygens (including phenoxy) is 1. The van der Waals surface area contributed by atoms with E-state index in [1.165, 1.54) is 6.07 Å². The Morgan fingerprint density at radius 2 is 2.13 bits per heavy atom. The van der Waals surface area contributed by atoms with Crippen LogP contribution in [0.1, 0.15) is 41.6 Å². The van der Waals surface area contributed by atoms with Gasteiger partial charge in [-0.25, -0.2) is 8.78 Å². The number of carbonyl (C=O) groups is 1. The van der Waals surface area contributed by atoms with Gasteiger partial charge in [0.25, 0.3) is 0 Å². The van der Waals surface area contributed by atoms with E-state index in [0.717, 1.165) is 36.8 Å². The molecule has 3 heterocycles. The molecule has 1 amide bonds. The minimum atomic E-state index is -0.659. The van der Waals surface area contributed by atoms with Gasteiger partial charge in [-0.3, -0.25) is 4.79 Å². The van der Waals surface area contributed by atoms with Crippen molar-refractivity contribution in [1.29, 1.82) is 5.26 Å². The summed E-state index contributed by atoms with van der Waals surface area (Å²) in [6, 6.07) is 4.38. The summed E-state index contributed by atoms with van der Waals surface area (Å²) < 4.78 is 35.7. The molecule has 2 aromatic rings. The third-order valence-corrected chi connectivity index (χ3v) is 6.24. The topological polar surface area (TPSA) is 70.3 Å². The Hall–Kier alpha value is -2.92. The Bertz CT molecular complexity index is 1050. The quantitative estimate of drug-likeness (QED) is 0.786. The van der Waals surface area contributed by atoms with Crippen LogP contribution >= 0.6 is 0 Å². The smallest absolute Gasteiger partial charge is 0.245 e. The lowest BCUT2D eigenvalue weighted by atomic mass is 10.0. The number of hydrogen-bond acceptors (Lipinski definition) is 4. The molecule has 1 saturated heterocycles. The summed E-state index contributed by atoms with van der Waals surface area (Å²) in [5.41, 5.74) is 3.01. The predicted molar refractivity (Wildman–Crippen MR) is 113 cm³/mol. The molecule has 1 fully saturated rings. The monoisotopic (exact) mass is 428 g/mol. The fourth-order valence-electron chi connectivity index (χ4n) is 4.59. The van der Waals surface area contributed by atoms with E-state index >= 15 is 0 Å². The van der Waals surface area contributed by atoms with Crippen molar-refractivity contribution in [2.24, 2.45) is 0 Å². The number of halogens is 2. The Morgan fingerprint density at radius 1 is 1.32 bits per heavy atom. The van der Waals surface area contributed by atoms with E-state index in [4.69, 9.17) is 4.74 Å². The fraction of sp³-hybridized carbons (Fsp3) is 0.478. The van der Waals surface area contributed by atoms with E-state index in [-0.39, 0.29) is 24.2 Å². The lowest BCUT2D eigenvalue weighted by Gasteiger charge is -2.31. The van der Waals surface area contributed by atoms with Crippen LogP contribution in [0.5, 0.6) is 0 Å². The third-order valence-electron chi connectivity index (χ3n) is 6.24. The van der Waals surface area contributed by atoms with Crippen molar-refractivity contribution >= 4 is 17.4 Å². The molecule has 2 aliphatic heterocycles. The zero-order valence-electron chi connectivity index (χ0n) is 17.8. The first kappa shape index (κ1) is 21.3. The first-order valence-electron chi connectivity index (χ1n) is 10.6. The number of nitrogens with one attached hydrogen (secondary N) is 1. The highest BCUT2D eigenvalue weighted by atomic mass is 19.1. The number of amides is 1. The molecule has 4 rings (SSSR count). The van der Waals surface area contributed by atoms with Crippen molar-refractivity contribution in [2.75, 3.05) is 29.9 Å². The molecule has 0 radical (unpaired) electrons. The average molecular weight is 428 g/mol. The molecule has 0 saturated carbocycles. The molecule has 6 nitrogen and oxygen atoms in total. The van der Waals surface area contributed by atoms with E-state index in [0.29, 0.717) is 42.9 Å². The molecule has 0 bridgehead atoms. The van der Waals surface area contributed by atoms with Crippen LogP contribution in [-0.2, 0) is 22.5 Å². The Labute approximate surface area is 180 Å². The van der Waals surface area contributed by atoms with Gasteiger partial charge in [-0.05, 0) is 56.7 Å². The summed E-state index contributed by atoms with van der Waals surface area (Å²) in [5.74, 6) is -1.17. The molecule has 2 aliphatic rings. The standard InChI is InChI=1S/C23H26F2N4O2/c1-14-15(2)29(12-18-6-4-8-31-18)23(19(14)11-26)27-21(30)13-28-7-3-5-16-9-17(24)10-20(25)22(16)28/h9-10,18H,3-8,12-13H2,1-2H3,(H,27,30). The van der Waals surface area contributed by atoms with Crippen LogP contribution in [0.4, 0.5) is 20.3 Å². The number of nitrogens with zero attached hydrogens (tertiary/aromatic N) is 3. The summed E-state index contributed by atoms with van der Waals surface area (Å²) >= 11 is 0. The number of carbonyl (C=O) groups excluding carboxylic acids is 1. The summed E-state index contributed by atoms with van der Waals surface area (Å²) in [6.07, 6.45) is 3.26. The average Bonchev–Trinajstić information content (AvgIpc) is 3.30. The Morgan fingerprint density at radius 3 is 2.84 bits per heavy atom. The molecule has 1 aromatic carbocycles. The first-order valence-corrected chi connectivity index (χ1v) is 10.6. The van der Waals surface area contributed by atoms with Crippen molar-refractivity contribution in [1.82, 2.24) is 4.57 Å². The highest BCUT2D eigenvalue weighted by Crippen LogP contribution is 2.32. The second kappa shape index (κ2) is 8.67. The largest absolute Gasteiger partial charge is 0.376 e. The maximum absolute atomic E-state index is 14.5. The number of fused-ring (bicyclic) bond motifs is 1. The van der Waals surface area contributed by atoms with Gasteiger partial charge >= 0.3 is 0 Å². The molecule has 1 atom stereocenters. The van der Waals surface area contributed by atoms with Crippen LogP contribution in [0, 0.1) is 36.8 Å². The summed E-state index contributed by atoms with van der Waals surface area (Å²) in [6.45, 7) is 5.49. The van der Waals surface area contributed by atoms with E-state index in [1.807, 2.05) is 18.4 Å². The number of aryl methyl sites for hydroxylation is 1. The minimum Gasteiger partial charge on any atom is -0.376 e. The van der Waals surface area contributed by atoms with Crippen LogP contribution in [0.15, 0.2) is 12.1 Å². The second-order valence-electron chi connectivity index (χ2n) is 8.26. The fourth-order valence-corrected chi connectivity index (χ4v) is 4.59. The summed E-state index contributed by atoms with van der Waals surface area (Å²) in [4.78, 5) is 14.6. The van der Waals surface area contributed by atoms with Gasteiger partial charge in [0, 0.05) is 24.9 Å². The van der Waals surface area contributed by atoms with Gasteiger partial charge in [0.05, 0.1) is 30.4 Å². The zero-order valence-corrected chi connectivity index (χ0v) is 17.8. The summed E-state index contributed by atoms with van der Waals surface area (Å²) in [5, 5.41) is 12.6. The Kier molecular flexibility index (Phi) is 5.96. The molecular weight excluding hydrogens is 402 g/mol. The molecule has 1 unspecified atom stereocenters. The number of anilines is 2. The zero-order chi connectivity index (χ0) is 22.1. The summed E-state index contributed by atoms with van der Waals surface area (Å²) in [7, 11) is 0. The lowest BCUT2D eigenvalue weighted by molar-refractivity contribution is -0.115. The number of nitriles is 1. The number of rotatable bonds is 5. The predicted octanol–water partition coefficient (Wildman–Crippen LogP) is 3.83. The van der Waals surface area contributed by atoms with Gasteiger partial charge in [-0.1, -0.05) is 0 Å². The van der Waals surface area contributed by atoms with E-state index < -0.39 is 11.6 Å². The molecule has 8 heteroatoms. The highest BCUT2D eigenvalue weighted by molar-refractivity contribution is 5.95. The molecule has 1 aromatic heterocycles. The van der Waals surface area contributed by atoms with Gasteiger partial charge in [-0.2, -0.15) is 5.26 Å². The number of benzene rings is 1. The SMILES string of the molecule is Cc1c(C#N)c(NC(=O)CN2CCCc3cc(F)cc(F)c32)n(CC2CCCO2)c1C. The van der Waals surface area contributed by atoms with Gasteiger partial charge in [0.15, 0.2) is 0 Å². The molecule has 31 heavy (non-hydrogen) atoms. The van der Waals surface area contributed by atoms with Crippen LogP contribution < -0.4 is 10.2 Å². The Balaban J connectivity index is 1.57. The van der Waals surface area contributed by atoms with Gasteiger partial charge in [-0.15, -0.1) is 0 Å². The van der Waals surface area contributed by atoms with Crippen LogP contribution in [0.25, 0.3) is 0 Å². The van der Waals surface area contributed by atoms with Gasteiger partial charge in [0.2, 0.25) is 5.91 Å². The third kappa shape index (κ3) is 4.15. The normalized spacial score (nSPS) is 18.0. The van der Waals surface area contributed by atoms with E-state index in [1.54, 1.807) is 4.90 Å². The van der Waals surface area contributed by atoms with E-state index in [2.05, 4.69) is 11.4 Å². The van der Waals surface area contributed by atoms with Crippen molar-refractivity contribution < 1.29 is 18.3 Å². The van der Waals surface area contributed by atoms with Crippen molar-refractivity contribution in [3.8, 4) is 6.07 Å². The molecular formula is C23H26F2N4O2. The molecule has 1 N–H and O–H groups in total.